The van der Waals surface area contributed by atoms with Crippen molar-refractivity contribution in [2.45, 2.75) is 247 Å². The van der Waals surface area contributed by atoms with Gasteiger partial charge in [0.2, 0.25) is 0 Å². The molecule has 0 aromatic rings. The van der Waals surface area contributed by atoms with Gasteiger partial charge in [-0.2, -0.15) is 0 Å². The van der Waals surface area contributed by atoms with Crippen LogP contribution in [0.2, 0.25) is 0 Å². The number of hydrogen-bond acceptors (Lipinski definition) is 16. The molecule has 5 aliphatic carbocycles. The van der Waals surface area contributed by atoms with Crippen molar-refractivity contribution in [3.63, 3.8) is 0 Å². The lowest BCUT2D eigenvalue weighted by molar-refractivity contribution is -0.193. The largest absolute Gasteiger partial charge is 0.455 e. The summed E-state index contributed by atoms with van der Waals surface area (Å²) in [6.07, 6.45) is 15.3. The number of fused-ring (bicyclic) bond motifs is 2. The van der Waals surface area contributed by atoms with E-state index in [1.807, 2.05) is 83.1 Å². The Kier molecular flexibility index (Phi) is 17.9. The van der Waals surface area contributed by atoms with Gasteiger partial charge in [-0.15, -0.1) is 0 Å². The maximum absolute atomic E-state index is 12.1. The highest BCUT2D eigenvalue weighted by molar-refractivity contribution is 5.80. The summed E-state index contributed by atoms with van der Waals surface area (Å²) >= 11 is 0. The first-order valence-electron chi connectivity index (χ1n) is 27.6. The van der Waals surface area contributed by atoms with E-state index in [2.05, 4.69) is 0 Å². The Labute approximate surface area is 428 Å². The summed E-state index contributed by atoms with van der Waals surface area (Å²) in [6, 6.07) is 0. The fraction of sp³-hybridized carbons (Fsp3) is 0.893. The number of rotatable bonds is 16. The second-order valence-electron chi connectivity index (χ2n) is 25.0. The third kappa shape index (κ3) is 12.3. The normalized spacial score (nSPS) is 35.5. The number of carbonyl (C=O) groups is 6. The first-order valence-corrected chi connectivity index (χ1v) is 27.6. The number of carbonyl (C=O) groups excluding carboxylic acids is 6. The summed E-state index contributed by atoms with van der Waals surface area (Å²) in [5, 5.41) is 0. The van der Waals surface area contributed by atoms with Crippen LogP contribution in [0, 0.1) is 57.2 Å². The molecule has 16 heteroatoms. The molecule has 0 N–H and O–H groups in total. The van der Waals surface area contributed by atoms with Crippen LogP contribution >= 0.6 is 0 Å². The van der Waals surface area contributed by atoms with E-state index in [0.717, 1.165) is 49.4 Å². The Morgan fingerprint density at radius 3 is 1.24 bits per heavy atom. The Balaban J connectivity index is 0.000000141. The van der Waals surface area contributed by atoms with Crippen LogP contribution in [0.25, 0.3) is 0 Å². The molecule has 0 radical (unpaired) electrons. The van der Waals surface area contributed by atoms with Gasteiger partial charge in [0.05, 0.1) is 57.9 Å². The minimum absolute atomic E-state index is 0.118. The summed E-state index contributed by atoms with van der Waals surface area (Å²) in [4.78, 5) is 70.8. The van der Waals surface area contributed by atoms with E-state index in [4.69, 9.17) is 47.4 Å². The van der Waals surface area contributed by atoms with Crippen LogP contribution in [0.3, 0.4) is 0 Å². The lowest BCUT2D eigenvalue weighted by Crippen LogP contribution is -2.49. The molecule has 408 valence electrons. The number of hydrogen-bond donors (Lipinski definition) is 0. The summed E-state index contributed by atoms with van der Waals surface area (Å²) in [6.45, 7) is 23.2. The molecule has 11 rings (SSSR count). The highest BCUT2D eigenvalue weighted by Crippen LogP contribution is 2.55. The van der Waals surface area contributed by atoms with Crippen molar-refractivity contribution in [1.82, 2.24) is 0 Å². The van der Waals surface area contributed by atoms with Crippen molar-refractivity contribution in [1.29, 1.82) is 0 Å². The molecule has 6 aliphatic heterocycles. The van der Waals surface area contributed by atoms with E-state index in [0.29, 0.717) is 37.9 Å². The Hall–Kier alpha value is -3.34. The third-order valence-electron chi connectivity index (χ3n) is 18.4. The SMILES string of the molecule is CCC(C)(C)C(=O)OC1C2CC3C(=O)OC1C3O2.CCC(C)(C)C(=O)OC1C2CC3C(=O)OC1C3O2.CCC(C)(C)C(=O)OCOC1C2CC3CC(C2)CC1C3.CCC(C)(C)C(=O)OCOC1CCCCC1. The summed E-state index contributed by atoms with van der Waals surface area (Å²) in [5.74, 6) is 1.88. The average Bonchev–Trinajstić information content (AvgIpc) is 4.19. The van der Waals surface area contributed by atoms with Crippen LogP contribution in [0.1, 0.15) is 186 Å². The lowest BCUT2D eigenvalue weighted by Gasteiger charge is -2.53. The van der Waals surface area contributed by atoms with Crippen molar-refractivity contribution in [3.05, 3.63) is 0 Å². The first kappa shape index (κ1) is 56.4. The predicted octanol–water partition coefficient (Wildman–Crippen LogP) is 9.13. The molecule has 8 bridgehead atoms. The second kappa shape index (κ2) is 22.9. The van der Waals surface area contributed by atoms with Crippen LogP contribution in [0.5, 0.6) is 0 Å². The van der Waals surface area contributed by atoms with Crippen molar-refractivity contribution < 1.29 is 76.1 Å². The van der Waals surface area contributed by atoms with E-state index in [1.54, 1.807) is 0 Å². The van der Waals surface area contributed by atoms with E-state index < -0.39 is 46.1 Å². The van der Waals surface area contributed by atoms with E-state index in [1.165, 1.54) is 51.4 Å². The molecule has 72 heavy (non-hydrogen) atoms. The molecule has 11 fully saturated rings. The molecule has 0 amide bonds. The van der Waals surface area contributed by atoms with Crippen LogP contribution in [0.15, 0.2) is 0 Å². The molecule has 10 unspecified atom stereocenters. The van der Waals surface area contributed by atoms with Gasteiger partial charge in [-0.25, -0.2) is 0 Å². The molecule has 10 atom stereocenters. The molecule has 11 aliphatic rings. The summed E-state index contributed by atoms with van der Waals surface area (Å²) in [7, 11) is 0. The maximum atomic E-state index is 12.1. The summed E-state index contributed by atoms with van der Waals surface area (Å²) < 4.78 is 54.9. The average molecular weight is 1020 g/mol. The zero-order valence-corrected chi connectivity index (χ0v) is 45.5. The van der Waals surface area contributed by atoms with Crippen molar-refractivity contribution >= 4 is 35.8 Å². The van der Waals surface area contributed by atoms with E-state index in [9.17, 15) is 28.8 Å². The minimum atomic E-state index is -0.510. The zero-order chi connectivity index (χ0) is 52.5. The van der Waals surface area contributed by atoms with Gasteiger partial charge >= 0.3 is 35.8 Å². The fourth-order valence-corrected chi connectivity index (χ4v) is 12.0. The van der Waals surface area contributed by atoms with Gasteiger partial charge in [-0.05, 0) is 163 Å². The minimum Gasteiger partial charge on any atom is -0.455 e. The van der Waals surface area contributed by atoms with Crippen LogP contribution in [-0.4, -0.2) is 110 Å². The molecule has 0 aromatic carbocycles. The number of esters is 6. The predicted molar refractivity (Wildman–Crippen MR) is 261 cm³/mol. The topological polar surface area (TPSA) is 195 Å². The fourth-order valence-electron chi connectivity index (χ4n) is 12.0. The van der Waals surface area contributed by atoms with Gasteiger partial charge in [-0.1, -0.05) is 47.0 Å². The van der Waals surface area contributed by atoms with Gasteiger partial charge in [0, 0.05) is 0 Å². The van der Waals surface area contributed by atoms with E-state index in [-0.39, 0.29) is 85.7 Å². The van der Waals surface area contributed by atoms with Crippen LogP contribution in [0.4, 0.5) is 0 Å². The Morgan fingerprint density at radius 1 is 0.472 bits per heavy atom. The zero-order valence-electron chi connectivity index (χ0n) is 45.5. The number of ether oxygens (including phenoxy) is 10. The smallest absolute Gasteiger partial charge is 0.313 e. The van der Waals surface area contributed by atoms with Crippen LogP contribution < -0.4 is 0 Å². The van der Waals surface area contributed by atoms with Gasteiger partial charge < -0.3 is 47.4 Å². The molecular formula is C56H88O16. The molecule has 16 nitrogen and oxygen atoms in total. The van der Waals surface area contributed by atoms with Gasteiger partial charge in [0.25, 0.3) is 0 Å². The second-order valence-corrected chi connectivity index (χ2v) is 25.0. The highest BCUT2D eigenvalue weighted by atomic mass is 16.7. The van der Waals surface area contributed by atoms with Gasteiger partial charge in [-0.3, -0.25) is 28.8 Å². The van der Waals surface area contributed by atoms with E-state index >= 15 is 0 Å². The molecule has 0 aromatic heterocycles. The highest BCUT2D eigenvalue weighted by Gasteiger charge is 2.66. The Bertz CT molecular complexity index is 1830. The Morgan fingerprint density at radius 2 is 0.847 bits per heavy atom. The van der Waals surface area contributed by atoms with Crippen LogP contribution in [-0.2, 0) is 76.1 Å². The monoisotopic (exact) mass is 1020 g/mol. The maximum Gasteiger partial charge on any atom is 0.313 e. The molecule has 5 saturated carbocycles. The first-order chi connectivity index (χ1) is 33.9. The van der Waals surface area contributed by atoms with Gasteiger partial charge in [0.15, 0.2) is 38.0 Å². The standard InChI is InChI=1S/C17H28O3.2C13H18O5.C13H24O3/c1-4-17(2,3)16(18)20-10-19-15-13-6-11-5-12(8-13)9-14(15)7-11;2*1-4-13(2,3)12(15)18-9-7-5-6-8(16-7)10(9)17-11(6)14;1-4-13(2,3)12(14)16-10-15-11-8-6-5-7-9-11/h11-15H,4-10H2,1-3H3;2*6-10H,4-5H2,1-3H3;11H,4-10H2,1-3H3. The molecule has 6 saturated heterocycles. The van der Waals surface area contributed by atoms with Gasteiger partial charge in [0.1, 0.15) is 12.2 Å². The van der Waals surface area contributed by atoms with Crippen molar-refractivity contribution in [2.75, 3.05) is 13.6 Å². The third-order valence-corrected chi connectivity index (χ3v) is 18.4. The molecule has 6 heterocycles. The quantitative estimate of drug-likeness (QED) is 0.0806. The van der Waals surface area contributed by atoms with Crippen molar-refractivity contribution in [2.24, 2.45) is 57.2 Å². The van der Waals surface area contributed by atoms with Crippen molar-refractivity contribution in [3.8, 4) is 0 Å². The summed E-state index contributed by atoms with van der Waals surface area (Å²) in [5.41, 5.74) is -1.81. The lowest BCUT2D eigenvalue weighted by atomic mass is 9.55. The molecule has 0 spiro atoms. The molecular weight excluding hydrogens is 929 g/mol.